The van der Waals surface area contributed by atoms with Crippen LogP contribution in [-0.2, 0) is 11.2 Å². The Hall–Kier alpha value is -2.42. The second-order valence-electron chi connectivity index (χ2n) is 3.48. The number of nitro benzene ring substituents is 1. The smallest absolute Gasteiger partial charge is 0.338 e. The summed E-state index contributed by atoms with van der Waals surface area (Å²) in [5.74, 6) is -0.603. The van der Waals surface area contributed by atoms with E-state index in [0.29, 0.717) is 12.0 Å². The van der Waals surface area contributed by atoms with Gasteiger partial charge >= 0.3 is 5.97 Å². The van der Waals surface area contributed by atoms with E-state index in [9.17, 15) is 14.9 Å². The lowest BCUT2D eigenvalue weighted by molar-refractivity contribution is -0.384. The second kappa shape index (κ2) is 6.35. The fourth-order valence-electron chi connectivity index (χ4n) is 1.49. The summed E-state index contributed by atoms with van der Waals surface area (Å²) in [5, 5.41) is 19.2. The first-order valence-electron chi connectivity index (χ1n) is 5.41. The van der Waals surface area contributed by atoms with Crippen LogP contribution in [0, 0.1) is 21.4 Å². The van der Waals surface area contributed by atoms with Crippen molar-refractivity contribution < 1.29 is 14.5 Å². The molecule has 0 atom stereocenters. The van der Waals surface area contributed by atoms with Gasteiger partial charge in [0, 0.05) is 18.6 Å². The maximum Gasteiger partial charge on any atom is 0.338 e. The summed E-state index contributed by atoms with van der Waals surface area (Å²) < 4.78 is 4.84. The van der Waals surface area contributed by atoms with Crippen molar-refractivity contribution in [3.8, 4) is 6.07 Å². The molecule has 0 bridgehead atoms. The van der Waals surface area contributed by atoms with Gasteiger partial charge in [0.1, 0.15) is 0 Å². The van der Waals surface area contributed by atoms with Gasteiger partial charge in [-0.25, -0.2) is 4.79 Å². The number of ether oxygens (including phenoxy) is 1. The molecule has 0 aliphatic rings. The van der Waals surface area contributed by atoms with E-state index in [4.69, 9.17) is 10.00 Å². The third-order valence-corrected chi connectivity index (χ3v) is 2.31. The van der Waals surface area contributed by atoms with Gasteiger partial charge < -0.3 is 4.74 Å². The summed E-state index contributed by atoms with van der Waals surface area (Å²) in [4.78, 5) is 21.8. The Balaban J connectivity index is 3.13. The van der Waals surface area contributed by atoms with Crippen LogP contribution in [0.3, 0.4) is 0 Å². The Morgan fingerprint density at radius 3 is 2.83 bits per heavy atom. The number of hydrogen-bond acceptors (Lipinski definition) is 5. The maximum absolute atomic E-state index is 11.7. The predicted molar refractivity (Wildman–Crippen MR) is 63.0 cm³/mol. The van der Waals surface area contributed by atoms with Gasteiger partial charge in [-0.2, -0.15) is 5.26 Å². The molecule has 0 heterocycles. The first-order chi connectivity index (χ1) is 8.60. The van der Waals surface area contributed by atoms with E-state index in [1.807, 2.05) is 6.07 Å². The average molecular weight is 248 g/mol. The number of carbonyl (C=O) groups is 1. The highest BCUT2D eigenvalue weighted by Crippen LogP contribution is 2.20. The molecule has 0 N–H and O–H groups in total. The summed E-state index contributed by atoms with van der Waals surface area (Å²) in [6, 6.07) is 5.95. The van der Waals surface area contributed by atoms with Gasteiger partial charge in [0.15, 0.2) is 0 Å². The SMILES string of the molecule is CCOC(=O)c1cc([N+](=O)[O-])ccc1CCC#N. The van der Waals surface area contributed by atoms with Crippen LogP contribution in [0.5, 0.6) is 0 Å². The third kappa shape index (κ3) is 3.28. The molecule has 0 aromatic heterocycles. The molecule has 1 aromatic carbocycles. The maximum atomic E-state index is 11.7. The van der Waals surface area contributed by atoms with Crippen LogP contribution >= 0.6 is 0 Å². The van der Waals surface area contributed by atoms with Crippen molar-refractivity contribution in [2.24, 2.45) is 0 Å². The van der Waals surface area contributed by atoms with Crippen LogP contribution in [0.1, 0.15) is 29.3 Å². The lowest BCUT2D eigenvalue weighted by atomic mass is 10.0. The van der Waals surface area contributed by atoms with Crippen LogP contribution in [-0.4, -0.2) is 17.5 Å². The Labute approximate surface area is 104 Å². The van der Waals surface area contributed by atoms with Crippen molar-refractivity contribution in [1.29, 1.82) is 5.26 Å². The van der Waals surface area contributed by atoms with Crippen LogP contribution in [0.4, 0.5) is 5.69 Å². The molecule has 1 rings (SSSR count). The first kappa shape index (κ1) is 13.6. The van der Waals surface area contributed by atoms with E-state index in [2.05, 4.69) is 0 Å². The van der Waals surface area contributed by atoms with E-state index >= 15 is 0 Å². The van der Waals surface area contributed by atoms with Gasteiger partial charge in [0.25, 0.3) is 5.69 Å². The van der Waals surface area contributed by atoms with Crippen LogP contribution in [0.2, 0.25) is 0 Å². The monoisotopic (exact) mass is 248 g/mol. The summed E-state index contributed by atoms with van der Waals surface area (Å²) in [6.07, 6.45) is 0.604. The summed E-state index contributed by atoms with van der Waals surface area (Å²) in [5.41, 5.74) is 0.570. The minimum atomic E-state index is -0.603. The molecule has 0 aliphatic heterocycles. The fraction of sp³-hybridized carbons (Fsp3) is 0.333. The van der Waals surface area contributed by atoms with Crippen LogP contribution < -0.4 is 0 Å². The lowest BCUT2D eigenvalue weighted by Crippen LogP contribution is -2.09. The molecule has 6 heteroatoms. The van der Waals surface area contributed by atoms with Gasteiger partial charge in [-0.1, -0.05) is 6.07 Å². The zero-order chi connectivity index (χ0) is 13.5. The molecular weight excluding hydrogens is 236 g/mol. The normalized spacial score (nSPS) is 9.56. The molecule has 6 nitrogen and oxygen atoms in total. The average Bonchev–Trinajstić information content (AvgIpc) is 2.36. The molecule has 0 aliphatic carbocycles. The zero-order valence-electron chi connectivity index (χ0n) is 9.88. The molecule has 0 unspecified atom stereocenters. The Morgan fingerprint density at radius 2 is 2.28 bits per heavy atom. The first-order valence-corrected chi connectivity index (χ1v) is 5.41. The summed E-state index contributed by atoms with van der Waals surface area (Å²) in [7, 11) is 0. The molecule has 18 heavy (non-hydrogen) atoms. The van der Waals surface area contributed by atoms with Crippen LogP contribution in [0.15, 0.2) is 18.2 Å². The van der Waals surface area contributed by atoms with Gasteiger partial charge in [-0.3, -0.25) is 10.1 Å². The predicted octanol–water partition coefficient (Wildman–Crippen LogP) is 2.23. The van der Waals surface area contributed by atoms with Gasteiger partial charge in [0.05, 0.1) is 23.2 Å². The third-order valence-electron chi connectivity index (χ3n) is 2.31. The highest BCUT2D eigenvalue weighted by Gasteiger charge is 2.17. The van der Waals surface area contributed by atoms with Crippen LogP contribution in [0.25, 0.3) is 0 Å². The lowest BCUT2D eigenvalue weighted by Gasteiger charge is -2.07. The Morgan fingerprint density at radius 1 is 1.56 bits per heavy atom. The van der Waals surface area contributed by atoms with Gasteiger partial charge in [0.2, 0.25) is 0 Å². The van der Waals surface area contributed by atoms with Crippen molar-refractivity contribution in [1.82, 2.24) is 0 Å². The highest BCUT2D eigenvalue weighted by atomic mass is 16.6. The number of rotatable bonds is 5. The molecule has 1 aromatic rings. The number of non-ortho nitro benzene ring substituents is 1. The second-order valence-corrected chi connectivity index (χ2v) is 3.48. The summed E-state index contributed by atoms with van der Waals surface area (Å²) >= 11 is 0. The molecule has 0 amide bonds. The molecule has 0 spiro atoms. The number of hydrogen-bond donors (Lipinski definition) is 0. The highest BCUT2D eigenvalue weighted by molar-refractivity contribution is 5.91. The molecular formula is C12H12N2O4. The fourth-order valence-corrected chi connectivity index (χ4v) is 1.49. The minimum Gasteiger partial charge on any atom is -0.462 e. The topological polar surface area (TPSA) is 93.2 Å². The molecule has 0 fully saturated rings. The van der Waals surface area contributed by atoms with E-state index in [-0.39, 0.29) is 24.3 Å². The zero-order valence-corrected chi connectivity index (χ0v) is 9.88. The Kier molecular flexibility index (Phi) is 4.81. The standard InChI is InChI=1S/C12H12N2O4/c1-2-18-12(15)11-8-10(14(16)17)6-5-9(11)4-3-7-13/h5-6,8H,2-4H2,1H3. The number of esters is 1. The minimum absolute atomic E-state index is 0.154. The molecule has 0 saturated carbocycles. The van der Waals surface area contributed by atoms with E-state index in [0.717, 1.165) is 0 Å². The van der Waals surface area contributed by atoms with Crippen molar-refractivity contribution in [2.45, 2.75) is 19.8 Å². The van der Waals surface area contributed by atoms with Crippen molar-refractivity contribution in [3.05, 3.63) is 39.4 Å². The van der Waals surface area contributed by atoms with Crippen molar-refractivity contribution in [2.75, 3.05) is 6.61 Å². The van der Waals surface area contributed by atoms with E-state index in [1.54, 1.807) is 6.92 Å². The number of aryl methyl sites for hydroxylation is 1. The van der Waals surface area contributed by atoms with Gasteiger partial charge in [-0.15, -0.1) is 0 Å². The van der Waals surface area contributed by atoms with Gasteiger partial charge in [-0.05, 0) is 18.9 Å². The molecule has 94 valence electrons. The molecule has 0 saturated heterocycles. The number of nitrogens with zero attached hydrogens (tertiary/aromatic N) is 2. The number of carbonyl (C=O) groups excluding carboxylic acids is 1. The summed E-state index contributed by atoms with van der Waals surface area (Å²) in [6.45, 7) is 1.85. The van der Waals surface area contributed by atoms with E-state index in [1.165, 1.54) is 18.2 Å². The van der Waals surface area contributed by atoms with E-state index < -0.39 is 10.9 Å². The number of nitro groups is 1. The molecule has 0 radical (unpaired) electrons. The number of benzene rings is 1. The number of nitriles is 1. The van der Waals surface area contributed by atoms with Crippen molar-refractivity contribution >= 4 is 11.7 Å². The largest absolute Gasteiger partial charge is 0.462 e. The van der Waals surface area contributed by atoms with Crippen molar-refractivity contribution in [3.63, 3.8) is 0 Å². The quantitative estimate of drug-likeness (QED) is 0.452. The Bertz CT molecular complexity index is 505.